The molecule has 2 heterocycles. The number of carbonyl (C=O) groups is 1. The summed E-state index contributed by atoms with van der Waals surface area (Å²) in [6, 6.07) is 19.7. The summed E-state index contributed by atoms with van der Waals surface area (Å²) in [5, 5.41) is 3.27. The second kappa shape index (κ2) is 8.92. The van der Waals surface area contributed by atoms with Crippen molar-refractivity contribution in [3.05, 3.63) is 66.9 Å². The molecule has 1 aromatic heterocycles. The molecule has 0 aliphatic carbocycles. The van der Waals surface area contributed by atoms with E-state index < -0.39 is 6.04 Å². The van der Waals surface area contributed by atoms with Crippen molar-refractivity contribution in [3.63, 3.8) is 0 Å². The van der Waals surface area contributed by atoms with Gasteiger partial charge in [0.25, 0.3) is 0 Å². The number of aromatic nitrogens is 2. The van der Waals surface area contributed by atoms with E-state index >= 15 is 0 Å². The van der Waals surface area contributed by atoms with Gasteiger partial charge in [0.1, 0.15) is 0 Å². The number of piperazine rings is 1. The van der Waals surface area contributed by atoms with Crippen LogP contribution in [0.1, 0.15) is 6.92 Å². The number of nitrogens with two attached hydrogens (primary N) is 1. The normalized spacial score (nSPS) is 15.0. The minimum Gasteiger partial charge on any atom is -0.368 e. The zero-order chi connectivity index (χ0) is 20.9. The second-order valence-corrected chi connectivity index (χ2v) is 7.40. The van der Waals surface area contributed by atoms with Gasteiger partial charge in [0.2, 0.25) is 11.9 Å². The van der Waals surface area contributed by atoms with E-state index in [4.69, 9.17) is 5.73 Å². The molecule has 7 nitrogen and oxygen atoms in total. The minimum atomic E-state index is -0.440. The molecule has 154 valence electrons. The number of hydrogen-bond acceptors (Lipinski definition) is 6. The summed E-state index contributed by atoms with van der Waals surface area (Å²) >= 11 is 0. The minimum absolute atomic E-state index is 0.0203. The average Bonchev–Trinajstić information content (AvgIpc) is 2.80. The summed E-state index contributed by atoms with van der Waals surface area (Å²) in [6.45, 7) is 4.72. The number of hydrogen-bond donors (Lipinski definition) is 2. The lowest BCUT2D eigenvalue weighted by atomic mass is 10.1. The summed E-state index contributed by atoms with van der Waals surface area (Å²) < 4.78 is 0. The van der Waals surface area contributed by atoms with Crippen LogP contribution in [0.2, 0.25) is 0 Å². The van der Waals surface area contributed by atoms with Crippen LogP contribution in [0.3, 0.4) is 0 Å². The smallest absolute Gasteiger partial charge is 0.239 e. The molecule has 0 unspecified atom stereocenters. The molecule has 1 aliphatic heterocycles. The molecule has 30 heavy (non-hydrogen) atoms. The largest absolute Gasteiger partial charge is 0.368 e. The highest BCUT2D eigenvalue weighted by Gasteiger charge is 2.23. The first kappa shape index (κ1) is 19.8. The van der Waals surface area contributed by atoms with Crippen molar-refractivity contribution in [2.75, 3.05) is 36.4 Å². The van der Waals surface area contributed by atoms with Gasteiger partial charge in [0, 0.05) is 49.3 Å². The van der Waals surface area contributed by atoms with Crippen LogP contribution < -0.4 is 16.0 Å². The lowest BCUT2D eigenvalue weighted by Crippen LogP contribution is -2.52. The third kappa shape index (κ3) is 4.58. The van der Waals surface area contributed by atoms with Crippen LogP contribution in [0.4, 0.5) is 17.3 Å². The third-order valence-electron chi connectivity index (χ3n) is 5.19. The lowest BCUT2D eigenvalue weighted by molar-refractivity contribution is -0.132. The Labute approximate surface area is 176 Å². The molecule has 2 aromatic carbocycles. The van der Waals surface area contributed by atoms with Crippen molar-refractivity contribution >= 4 is 23.2 Å². The van der Waals surface area contributed by atoms with Gasteiger partial charge in [-0.1, -0.05) is 30.3 Å². The first-order valence-electron chi connectivity index (χ1n) is 10.1. The zero-order valence-corrected chi connectivity index (χ0v) is 17.0. The maximum absolute atomic E-state index is 12.0. The van der Waals surface area contributed by atoms with Crippen molar-refractivity contribution in [2.45, 2.75) is 13.0 Å². The summed E-state index contributed by atoms with van der Waals surface area (Å²) in [7, 11) is 0. The summed E-state index contributed by atoms with van der Waals surface area (Å²) in [5.41, 5.74) is 9.70. The van der Waals surface area contributed by atoms with Crippen LogP contribution >= 0.6 is 0 Å². The summed E-state index contributed by atoms with van der Waals surface area (Å²) in [5.74, 6) is 0.582. The lowest BCUT2D eigenvalue weighted by Gasteiger charge is -2.36. The first-order chi connectivity index (χ1) is 14.6. The number of nitrogens with zero attached hydrogens (tertiary/aromatic N) is 4. The predicted molar refractivity (Wildman–Crippen MR) is 120 cm³/mol. The van der Waals surface area contributed by atoms with E-state index in [1.807, 2.05) is 53.4 Å². The van der Waals surface area contributed by atoms with Crippen LogP contribution in [0.25, 0.3) is 11.3 Å². The third-order valence-corrected chi connectivity index (χ3v) is 5.19. The molecule has 0 radical (unpaired) electrons. The summed E-state index contributed by atoms with van der Waals surface area (Å²) in [6.07, 6.45) is 1.76. The number of benzene rings is 2. The van der Waals surface area contributed by atoms with Gasteiger partial charge in [0.05, 0.1) is 11.7 Å². The zero-order valence-electron chi connectivity index (χ0n) is 17.0. The Morgan fingerprint density at radius 3 is 2.37 bits per heavy atom. The monoisotopic (exact) mass is 402 g/mol. The highest BCUT2D eigenvalue weighted by atomic mass is 16.2. The number of carbonyl (C=O) groups excluding carboxylic acids is 1. The Kier molecular flexibility index (Phi) is 5.90. The molecule has 1 atom stereocenters. The highest BCUT2D eigenvalue weighted by molar-refractivity contribution is 5.81. The van der Waals surface area contributed by atoms with E-state index in [1.165, 1.54) is 0 Å². The SMILES string of the molecule is C[C@@H](N)C(=O)N1CCN(c2ccc(Nc3nccc(-c4ccccc4)n3)cc2)CC1. The average molecular weight is 403 g/mol. The Hall–Kier alpha value is -3.45. The molecular formula is C23H26N6O. The van der Waals surface area contributed by atoms with Crippen molar-refractivity contribution in [3.8, 4) is 11.3 Å². The van der Waals surface area contributed by atoms with Crippen molar-refractivity contribution in [2.24, 2.45) is 5.73 Å². The molecule has 3 N–H and O–H groups in total. The van der Waals surface area contributed by atoms with E-state index in [9.17, 15) is 4.79 Å². The van der Waals surface area contributed by atoms with Crippen LogP contribution in [0.15, 0.2) is 66.9 Å². The van der Waals surface area contributed by atoms with Crippen LogP contribution in [-0.2, 0) is 4.79 Å². The number of nitrogens with one attached hydrogen (secondary N) is 1. The Bertz CT molecular complexity index is 982. The molecule has 0 saturated carbocycles. The van der Waals surface area contributed by atoms with E-state index in [-0.39, 0.29) is 5.91 Å². The van der Waals surface area contributed by atoms with Crippen LogP contribution in [0.5, 0.6) is 0 Å². The standard InChI is InChI=1S/C23H26N6O/c1-17(24)22(30)29-15-13-28(14-16-29)20-9-7-19(8-10-20)26-23-25-12-11-21(27-23)18-5-3-2-4-6-18/h2-12,17H,13-16,24H2,1H3,(H,25,26,27)/t17-/m1/s1. The van der Waals surface area contributed by atoms with E-state index in [0.29, 0.717) is 19.0 Å². The van der Waals surface area contributed by atoms with Gasteiger partial charge in [-0.05, 0) is 37.3 Å². The van der Waals surface area contributed by atoms with Gasteiger partial charge in [-0.3, -0.25) is 4.79 Å². The van der Waals surface area contributed by atoms with Gasteiger partial charge in [-0.25, -0.2) is 9.97 Å². The van der Waals surface area contributed by atoms with Crippen molar-refractivity contribution in [1.82, 2.24) is 14.9 Å². The van der Waals surface area contributed by atoms with E-state index in [1.54, 1.807) is 13.1 Å². The van der Waals surface area contributed by atoms with Gasteiger partial charge in [-0.2, -0.15) is 0 Å². The van der Waals surface area contributed by atoms with Crippen LogP contribution in [0, 0.1) is 0 Å². The molecular weight excluding hydrogens is 376 g/mol. The summed E-state index contributed by atoms with van der Waals surface area (Å²) in [4.78, 5) is 25.1. The number of rotatable bonds is 5. The quantitative estimate of drug-likeness (QED) is 0.682. The van der Waals surface area contributed by atoms with Crippen molar-refractivity contribution in [1.29, 1.82) is 0 Å². The fourth-order valence-corrected chi connectivity index (χ4v) is 3.55. The van der Waals surface area contributed by atoms with Crippen LogP contribution in [-0.4, -0.2) is 53.0 Å². The Morgan fingerprint density at radius 2 is 1.70 bits per heavy atom. The van der Waals surface area contributed by atoms with Gasteiger partial charge < -0.3 is 20.9 Å². The number of amides is 1. The predicted octanol–water partition coefficient (Wildman–Crippen LogP) is 2.88. The molecule has 0 spiro atoms. The molecule has 7 heteroatoms. The Morgan fingerprint density at radius 1 is 1.00 bits per heavy atom. The van der Waals surface area contributed by atoms with Gasteiger partial charge in [-0.15, -0.1) is 0 Å². The number of anilines is 3. The molecule has 4 rings (SSSR count). The molecule has 1 saturated heterocycles. The molecule has 1 amide bonds. The Balaban J connectivity index is 1.39. The molecule has 3 aromatic rings. The fourth-order valence-electron chi connectivity index (χ4n) is 3.55. The van der Waals surface area contributed by atoms with Gasteiger partial charge >= 0.3 is 0 Å². The highest BCUT2D eigenvalue weighted by Crippen LogP contribution is 2.22. The molecule has 0 bridgehead atoms. The molecule has 1 fully saturated rings. The first-order valence-corrected chi connectivity index (χ1v) is 10.1. The van der Waals surface area contributed by atoms with Crippen molar-refractivity contribution < 1.29 is 4.79 Å². The van der Waals surface area contributed by atoms with E-state index in [0.717, 1.165) is 35.7 Å². The van der Waals surface area contributed by atoms with E-state index in [2.05, 4.69) is 32.3 Å². The molecule has 1 aliphatic rings. The van der Waals surface area contributed by atoms with Gasteiger partial charge in [0.15, 0.2) is 0 Å². The maximum atomic E-state index is 12.0. The fraction of sp³-hybridized carbons (Fsp3) is 0.261. The maximum Gasteiger partial charge on any atom is 0.239 e. The topological polar surface area (TPSA) is 87.4 Å². The second-order valence-electron chi connectivity index (χ2n) is 7.40.